The smallest absolute Gasteiger partial charge is 0.339 e. The molecule has 2 amide bonds. The number of halogens is 3. The Morgan fingerprint density at radius 1 is 1.13 bits per heavy atom. The summed E-state index contributed by atoms with van der Waals surface area (Å²) in [4.78, 5) is 33.4. The van der Waals surface area contributed by atoms with E-state index in [1.165, 1.54) is 23.5 Å². The Balaban J connectivity index is 1.40. The van der Waals surface area contributed by atoms with Crippen LogP contribution in [0.1, 0.15) is 40.9 Å². The van der Waals surface area contributed by atoms with Crippen LogP contribution in [-0.4, -0.2) is 52.3 Å². The summed E-state index contributed by atoms with van der Waals surface area (Å²) < 4.78 is 38.3. The minimum Gasteiger partial charge on any atom is -0.339 e. The highest BCUT2D eigenvalue weighted by Gasteiger charge is 2.39. The minimum absolute atomic E-state index is 0.0677. The molecule has 4 rings (SSSR count). The number of thiazole rings is 1. The summed E-state index contributed by atoms with van der Waals surface area (Å²) >= 11 is 1.47. The molecule has 2 atom stereocenters. The van der Waals surface area contributed by atoms with Gasteiger partial charge >= 0.3 is 6.18 Å². The molecular formula is C21H22F3N3O2S. The Kier molecular flexibility index (Phi) is 5.81. The van der Waals surface area contributed by atoms with Crippen molar-refractivity contribution in [1.29, 1.82) is 0 Å². The number of alkyl halides is 3. The van der Waals surface area contributed by atoms with E-state index in [4.69, 9.17) is 0 Å². The molecule has 0 aliphatic carbocycles. The zero-order valence-corrected chi connectivity index (χ0v) is 17.1. The van der Waals surface area contributed by atoms with E-state index in [0.717, 1.165) is 37.2 Å². The molecule has 30 heavy (non-hydrogen) atoms. The Labute approximate surface area is 176 Å². The quantitative estimate of drug-likeness (QED) is 0.733. The number of benzene rings is 1. The summed E-state index contributed by atoms with van der Waals surface area (Å²) in [6.07, 6.45) is -1.63. The minimum atomic E-state index is -4.42. The Hall–Kier alpha value is -2.42. The van der Waals surface area contributed by atoms with Crippen LogP contribution in [0, 0.1) is 5.92 Å². The van der Waals surface area contributed by atoms with Crippen molar-refractivity contribution in [3.8, 4) is 0 Å². The summed E-state index contributed by atoms with van der Waals surface area (Å²) in [5.41, 5.74) is 1.99. The first kappa shape index (κ1) is 20.8. The lowest BCUT2D eigenvalue weighted by atomic mass is 9.83. The van der Waals surface area contributed by atoms with Crippen molar-refractivity contribution in [3.63, 3.8) is 0 Å². The second-order valence-electron chi connectivity index (χ2n) is 7.83. The molecule has 3 heterocycles. The molecule has 5 nitrogen and oxygen atoms in total. The van der Waals surface area contributed by atoms with Gasteiger partial charge in [-0.25, -0.2) is 4.98 Å². The number of piperidine rings is 2. The first-order valence-corrected chi connectivity index (χ1v) is 10.9. The fourth-order valence-electron chi connectivity index (χ4n) is 4.46. The maximum Gasteiger partial charge on any atom is 0.416 e. The van der Waals surface area contributed by atoms with E-state index in [1.807, 2.05) is 10.3 Å². The van der Waals surface area contributed by atoms with Crippen LogP contribution in [0.15, 0.2) is 35.2 Å². The molecule has 2 fully saturated rings. The van der Waals surface area contributed by atoms with Gasteiger partial charge in [0, 0.05) is 36.6 Å². The Morgan fingerprint density at radius 2 is 1.90 bits per heavy atom. The van der Waals surface area contributed by atoms with Gasteiger partial charge in [-0.3, -0.25) is 9.59 Å². The molecule has 2 aliphatic rings. The molecule has 0 unspecified atom stereocenters. The second-order valence-corrected chi connectivity index (χ2v) is 8.55. The Bertz CT molecular complexity index is 899. The number of amides is 2. The van der Waals surface area contributed by atoms with Crippen LogP contribution < -0.4 is 0 Å². The molecule has 0 spiro atoms. The van der Waals surface area contributed by atoms with E-state index in [0.29, 0.717) is 25.9 Å². The number of carbonyl (C=O) groups is 2. The number of hydrogen-bond acceptors (Lipinski definition) is 4. The zero-order chi connectivity index (χ0) is 21.3. The lowest BCUT2D eigenvalue weighted by molar-refractivity contribution is -0.138. The lowest BCUT2D eigenvalue weighted by Gasteiger charge is -2.47. The van der Waals surface area contributed by atoms with Crippen LogP contribution >= 0.6 is 11.3 Å². The van der Waals surface area contributed by atoms with Crippen molar-refractivity contribution in [2.24, 2.45) is 5.92 Å². The van der Waals surface area contributed by atoms with Gasteiger partial charge in [-0.05, 0) is 49.4 Å². The predicted octanol–water partition coefficient (Wildman–Crippen LogP) is 3.86. The Morgan fingerprint density at radius 3 is 2.57 bits per heavy atom. The third kappa shape index (κ3) is 4.35. The number of carbonyl (C=O) groups excluding carboxylic acids is 2. The zero-order valence-electron chi connectivity index (χ0n) is 16.3. The molecular weight excluding hydrogens is 415 g/mol. The summed E-state index contributed by atoms with van der Waals surface area (Å²) in [6, 6.07) is 4.46. The van der Waals surface area contributed by atoms with Crippen LogP contribution in [0.25, 0.3) is 0 Å². The maximum absolute atomic E-state index is 12.8. The molecule has 160 valence electrons. The number of aromatic nitrogens is 1. The number of rotatable bonds is 3. The van der Waals surface area contributed by atoms with E-state index in [9.17, 15) is 22.8 Å². The number of nitrogens with zero attached hydrogens (tertiary/aromatic N) is 3. The SMILES string of the molecule is O=C(c1ccc(C(F)(F)F)cc1)N1CC[C@H]2[C@H](CCCN2C(=O)Cc2cscn2)C1. The molecule has 0 radical (unpaired) electrons. The van der Waals surface area contributed by atoms with E-state index in [-0.39, 0.29) is 29.3 Å². The number of likely N-dealkylation sites (tertiary alicyclic amines) is 2. The highest BCUT2D eigenvalue weighted by atomic mass is 32.1. The molecule has 1 aromatic heterocycles. The average Bonchev–Trinajstić information content (AvgIpc) is 3.24. The predicted molar refractivity (Wildman–Crippen MR) is 106 cm³/mol. The molecule has 0 N–H and O–H groups in total. The monoisotopic (exact) mass is 437 g/mol. The van der Waals surface area contributed by atoms with Crippen LogP contribution in [0.2, 0.25) is 0 Å². The van der Waals surface area contributed by atoms with Crippen LogP contribution in [0.5, 0.6) is 0 Å². The third-order valence-corrected chi connectivity index (χ3v) is 6.59. The van der Waals surface area contributed by atoms with E-state index in [2.05, 4.69) is 4.98 Å². The topological polar surface area (TPSA) is 53.5 Å². The van der Waals surface area contributed by atoms with Crippen molar-refractivity contribution < 1.29 is 22.8 Å². The fraction of sp³-hybridized carbons (Fsp3) is 0.476. The number of hydrogen-bond donors (Lipinski definition) is 0. The second kappa shape index (κ2) is 8.37. The molecule has 9 heteroatoms. The van der Waals surface area contributed by atoms with Gasteiger partial charge in [0.1, 0.15) is 0 Å². The first-order chi connectivity index (χ1) is 14.3. The lowest BCUT2D eigenvalue weighted by Crippen LogP contribution is -2.57. The van der Waals surface area contributed by atoms with Crippen LogP contribution in [0.4, 0.5) is 13.2 Å². The summed E-state index contributed by atoms with van der Waals surface area (Å²) in [7, 11) is 0. The van der Waals surface area contributed by atoms with Crippen molar-refractivity contribution in [2.45, 2.75) is 37.9 Å². The standard InChI is InChI=1S/C21H22F3N3O2S/c22-21(23,24)16-5-3-14(4-6-16)20(29)26-9-7-18-15(11-26)2-1-8-27(18)19(28)10-17-12-30-13-25-17/h3-6,12-13,15,18H,1-2,7-11H2/t15-,18+/m1/s1. The van der Waals surface area contributed by atoms with Gasteiger partial charge in [0.2, 0.25) is 5.91 Å². The van der Waals surface area contributed by atoms with Gasteiger partial charge in [0.05, 0.1) is 23.2 Å². The van der Waals surface area contributed by atoms with E-state index < -0.39 is 11.7 Å². The van der Waals surface area contributed by atoms with Crippen molar-refractivity contribution >= 4 is 23.2 Å². The van der Waals surface area contributed by atoms with Crippen LogP contribution in [-0.2, 0) is 17.4 Å². The molecule has 1 aromatic carbocycles. The normalized spacial score (nSPS) is 22.0. The highest BCUT2D eigenvalue weighted by molar-refractivity contribution is 7.07. The molecule has 2 saturated heterocycles. The van der Waals surface area contributed by atoms with Gasteiger partial charge in [-0.1, -0.05) is 0 Å². The van der Waals surface area contributed by atoms with Crippen LogP contribution in [0.3, 0.4) is 0 Å². The van der Waals surface area contributed by atoms with E-state index in [1.54, 1.807) is 10.4 Å². The molecule has 2 aliphatic heterocycles. The summed E-state index contributed by atoms with van der Waals surface area (Å²) in [5, 5.41) is 1.88. The van der Waals surface area contributed by atoms with Crippen molar-refractivity contribution in [1.82, 2.24) is 14.8 Å². The largest absolute Gasteiger partial charge is 0.416 e. The first-order valence-electron chi connectivity index (χ1n) is 9.96. The van der Waals surface area contributed by atoms with Crippen molar-refractivity contribution in [2.75, 3.05) is 19.6 Å². The fourth-order valence-corrected chi connectivity index (χ4v) is 5.02. The summed E-state index contributed by atoms with van der Waals surface area (Å²) in [5.74, 6) is -0.00324. The highest BCUT2D eigenvalue weighted by Crippen LogP contribution is 2.32. The van der Waals surface area contributed by atoms with Gasteiger partial charge < -0.3 is 9.80 Å². The van der Waals surface area contributed by atoms with Crippen molar-refractivity contribution in [3.05, 3.63) is 52.0 Å². The van der Waals surface area contributed by atoms with Gasteiger partial charge in [0.25, 0.3) is 5.91 Å². The molecule has 0 saturated carbocycles. The molecule has 0 bridgehead atoms. The third-order valence-electron chi connectivity index (χ3n) is 5.95. The van der Waals surface area contributed by atoms with E-state index >= 15 is 0 Å². The maximum atomic E-state index is 12.8. The molecule has 2 aromatic rings. The van der Waals surface area contributed by atoms with Gasteiger partial charge in [0.15, 0.2) is 0 Å². The summed E-state index contributed by atoms with van der Waals surface area (Å²) in [6.45, 7) is 1.73. The van der Waals surface area contributed by atoms with Gasteiger partial charge in [-0.2, -0.15) is 13.2 Å². The number of fused-ring (bicyclic) bond motifs is 1. The van der Waals surface area contributed by atoms with Gasteiger partial charge in [-0.15, -0.1) is 11.3 Å². The average molecular weight is 437 g/mol.